The maximum absolute atomic E-state index is 13.6. The maximum Gasteiger partial charge on any atom is 0.399 e. The Bertz CT molecular complexity index is 1080. The molecule has 1 unspecified atom stereocenters. The molecule has 0 saturated carbocycles. The Balaban J connectivity index is 2.02. The fourth-order valence-corrected chi connectivity index (χ4v) is 3.53. The molecule has 0 spiro atoms. The number of alkyl halides is 3. The minimum atomic E-state index is -4.54. The molecule has 0 N–H and O–H groups in total. The van der Waals surface area contributed by atoms with Crippen LogP contribution in [0.4, 0.5) is 13.2 Å². The Kier molecular flexibility index (Phi) is 5.96. The van der Waals surface area contributed by atoms with Crippen LogP contribution in [0.2, 0.25) is 10.0 Å². The average Bonchev–Trinajstić information content (AvgIpc) is 3.13. The highest BCUT2D eigenvalue weighted by molar-refractivity contribution is 6.34. The van der Waals surface area contributed by atoms with Crippen molar-refractivity contribution in [2.24, 2.45) is 0 Å². The van der Waals surface area contributed by atoms with Gasteiger partial charge < -0.3 is 0 Å². The van der Waals surface area contributed by atoms with Crippen LogP contribution in [0.3, 0.4) is 0 Å². The number of hydrogen-bond donors (Lipinski definition) is 0. The van der Waals surface area contributed by atoms with Crippen molar-refractivity contribution in [2.75, 3.05) is 0 Å². The number of aryl methyl sites for hydroxylation is 1. The van der Waals surface area contributed by atoms with Gasteiger partial charge in [0.25, 0.3) is 0 Å². The predicted octanol–water partition coefficient (Wildman–Crippen LogP) is 6.11. The number of halogens is 5. The Morgan fingerprint density at radius 3 is 2.38 bits per heavy atom. The molecule has 0 saturated heterocycles. The van der Waals surface area contributed by atoms with E-state index in [2.05, 4.69) is 10.1 Å². The first-order valence-electron chi connectivity index (χ1n) is 8.29. The van der Waals surface area contributed by atoms with Gasteiger partial charge in [0.1, 0.15) is 18.7 Å². The second kappa shape index (κ2) is 8.27. The number of allylic oxidation sites excluding steroid dienone is 1. The molecule has 0 amide bonds. The molecule has 3 rings (SSSR count). The van der Waals surface area contributed by atoms with Crippen molar-refractivity contribution in [3.05, 3.63) is 81.4 Å². The van der Waals surface area contributed by atoms with Gasteiger partial charge in [-0.1, -0.05) is 35.4 Å². The summed E-state index contributed by atoms with van der Waals surface area (Å²) < 4.78 is 42.4. The van der Waals surface area contributed by atoms with E-state index in [0.717, 1.165) is 6.08 Å². The van der Waals surface area contributed by atoms with E-state index in [9.17, 15) is 18.4 Å². The minimum Gasteiger partial charge on any atom is -0.223 e. The molecule has 0 bridgehead atoms. The second-order valence-electron chi connectivity index (χ2n) is 6.27. The van der Waals surface area contributed by atoms with Crippen LogP contribution in [0.15, 0.2) is 49.1 Å². The number of rotatable bonds is 4. The van der Waals surface area contributed by atoms with Crippen LogP contribution < -0.4 is 0 Å². The Labute approximate surface area is 174 Å². The molecule has 1 aromatic heterocycles. The minimum absolute atomic E-state index is 0.0669. The molecule has 0 aliphatic heterocycles. The molecule has 1 heterocycles. The number of hydrogen-bond acceptors (Lipinski definition) is 3. The van der Waals surface area contributed by atoms with Gasteiger partial charge in [-0.15, -0.1) is 0 Å². The van der Waals surface area contributed by atoms with Crippen LogP contribution in [0, 0.1) is 18.3 Å². The first kappa shape index (κ1) is 20.9. The van der Waals surface area contributed by atoms with Crippen LogP contribution in [0.1, 0.15) is 28.2 Å². The van der Waals surface area contributed by atoms with E-state index in [1.807, 2.05) is 6.07 Å². The molecule has 2 aromatic carbocycles. The third-order valence-corrected chi connectivity index (χ3v) is 4.61. The van der Waals surface area contributed by atoms with Crippen molar-refractivity contribution >= 4 is 29.3 Å². The Morgan fingerprint density at radius 2 is 1.83 bits per heavy atom. The molecule has 148 valence electrons. The van der Waals surface area contributed by atoms with Gasteiger partial charge in [0.2, 0.25) is 0 Å². The second-order valence-corrected chi connectivity index (χ2v) is 7.14. The molecule has 0 aliphatic rings. The van der Waals surface area contributed by atoms with E-state index >= 15 is 0 Å². The summed E-state index contributed by atoms with van der Waals surface area (Å²) in [5.74, 6) is -1.90. The summed E-state index contributed by atoms with van der Waals surface area (Å²) in [6, 6.07) is 9.06. The van der Waals surface area contributed by atoms with Crippen LogP contribution >= 0.6 is 23.2 Å². The van der Waals surface area contributed by atoms with Gasteiger partial charge in [-0.2, -0.15) is 23.5 Å². The smallest absolute Gasteiger partial charge is 0.223 e. The molecule has 1 atom stereocenters. The Morgan fingerprint density at radius 1 is 1.14 bits per heavy atom. The molecule has 9 heteroatoms. The molecule has 0 fully saturated rings. The van der Waals surface area contributed by atoms with E-state index in [0.29, 0.717) is 16.8 Å². The monoisotopic (exact) mass is 436 g/mol. The highest BCUT2D eigenvalue weighted by atomic mass is 35.5. The standard InChI is InChI=1S/C20H13Cl2F3N4/c1-12-4-13(5-15(9-26)19(12)29-11-27-10-28-29)2-3-18(20(23,24)25)14-6-16(21)8-17(22)7-14/h2-8,10-11,18H,1H3. The molecule has 0 aliphatic carbocycles. The zero-order chi connectivity index (χ0) is 21.2. The van der Waals surface area contributed by atoms with Gasteiger partial charge in [0, 0.05) is 10.0 Å². The largest absolute Gasteiger partial charge is 0.399 e. The summed E-state index contributed by atoms with van der Waals surface area (Å²) in [5, 5.41) is 13.7. The molecular formula is C20H13Cl2F3N4. The predicted molar refractivity (Wildman–Crippen MR) is 105 cm³/mol. The molecule has 4 nitrogen and oxygen atoms in total. The maximum atomic E-state index is 13.6. The van der Waals surface area contributed by atoms with Gasteiger partial charge >= 0.3 is 6.18 Å². The van der Waals surface area contributed by atoms with Crippen LogP contribution in [-0.4, -0.2) is 20.9 Å². The topological polar surface area (TPSA) is 54.5 Å². The fourth-order valence-electron chi connectivity index (χ4n) is 2.99. The normalized spacial score (nSPS) is 12.9. The molecule has 29 heavy (non-hydrogen) atoms. The van der Waals surface area contributed by atoms with Crippen molar-refractivity contribution in [3.8, 4) is 11.8 Å². The third kappa shape index (κ3) is 4.78. The van der Waals surface area contributed by atoms with Crippen molar-refractivity contribution in [2.45, 2.75) is 19.0 Å². The number of benzene rings is 2. The number of aromatic nitrogens is 3. The lowest BCUT2D eigenvalue weighted by Crippen LogP contribution is -2.18. The third-order valence-electron chi connectivity index (χ3n) is 4.17. The molecule has 3 aromatic rings. The van der Waals surface area contributed by atoms with Gasteiger partial charge in [-0.3, -0.25) is 0 Å². The summed E-state index contributed by atoms with van der Waals surface area (Å²) in [6.45, 7) is 1.74. The SMILES string of the molecule is Cc1cc(C=CC(c2cc(Cl)cc(Cl)c2)C(F)(F)F)cc(C#N)c1-n1cncn1. The summed E-state index contributed by atoms with van der Waals surface area (Å²) >= 11 is 11.7. The first-order chi connectivity index (χ1) is 13.7. The lowest BCUT2D eigenvalue weighted by atomic mass is 9.96. The zero-order valence-electron chi connectivity index (χ0n) is 15.0. The van der Waals surface area contributed by atoms with Gasteiger partial charge in [0.05, 0.1) is 17.2 Å². The van der Waals surface area contributed by atoms with Gasteiger partial charge in [-0.05, 0) is 53.9 Å². The van der Waals surface area contributed by atoms with Crippen molar-refractivity contribution < 1.29 is 13.2 Å². The highest BCUT2D eigenvalue weighted by Gasteiger charge is 2.39. The molecular weight excluding hydrogens is 424 g/mol. The number of nitriles is 1. The fraction of sp³-hybridized carbons (Fsp3) is 0.150. The van der Waals surface area contributed by atoms with E-state index in [4.69, 9.17) is 23.2 Å². The Hall–Kier alpha value is -2.82. The summed E-state index contributed by atoms with van der Waals surface area (Å²) in [7, 11) is 0. The van der Waals surface area contributed by atoms with Crippen molar-refractivity contribution in [3.63, 3.8) is 0 Å². The quantitative estimate of drug-likeness (QED) is 0.495. The van der Waals surface area contributed by atoms with E-state index in [-0.39, 0.29) is 21.2 Å². The summed E-state index contributed by atoms with van der Waals surface area (Å²) in [4.78, 5) is 3.85. The lowest BCUT2D eigenvalue weighted by molar-refractivity contribution is -0.139. The summed E-state index contributed by atoms with van der Waals surface area (Å²) in [6.07, 6.45) is 0.580. The van der Waals surface area contributed by atoms with Gasteiger partial charge in [-0.25, -0.2) is 9.67 Å². The van der Waals surface area contributed by atoms with Crippen LogP contribution in [0.25, 0.3) is 11.8 Å². The van der Waals surface area contributed by atoms with Crippen LogP contribution in [0.5, 0.6) is 0 Å². The zero-order valence-corrected chi connectivity index (χ0v) is 16.5. The van der Waals surface area contributed by atoms with Crippen LogP contribution in [-0.2, 0) is 0 Å². The van der Waals surface area contributed by atoms with Gasteiger partial charge in [0.15, 0.2) is 0 Å². The van der Waals surface area contributed by atoms with E-state index in [1.54, 1.807) is 13.0 Å². The highest BCUT2D eigenvalue weighted by Crippen LogP contribution is 2.38. The first-order valence-corrected chi connectivity index (χ1v) is 9.05. The number of nitrogens with zero attached hydrogens (tertiary/aromatic N) is 4. The van der Waals surface area contributed by atoms with E-state index in [1.165, 1.54) is 47.7 Å². The van der Waals surface area contributed by atoms with E-state index < -0.39 is 12.1 Å². The lowest BCUT2D eigenvalue weighted by Gasteiger charge is -2.18. The van der Waals surface area contributed by atoms with Crippen molar-refractivity contribution in [1.29, 1.82) is 5.26 Å². The average molecular weight is 437 g/mol. The summed E-state index contributed by atoms with van der Waals surface area (Å²) in [5.41, 5.74) is 1.84. The van der Waals surface area contributed by atoms with Crippen molar-refractivity contribution in [1.82, 2.24) is 14.8 Å². The molecule has 0 radical (unpaired) electrons.